The molecule has 0 radical (unpaired) electrons. The van der Waals surface area contributed by atoms with Crippen molar-refractivity contribution in [3.63, 3.8) is 0 Å². The van der Waals surface area contributed by atoms with E-state index in [9.17, 15) is 18.7 Å². The van der Waals surface area contributed by atoms with E-state index in [0.717, 1.165) is 33.3 Å². The lowest BCUT2D eigenvalue weighted by molar-refractivity contribution is -0.0233. The van der Waals surface area contributed by atoms with Gasteiger partial charge in [-0.3, -0.25) is 4.90 Å². The fourth-order valence-electron chi connectivity index (χ4n) is 4.81. The van der Waals surface area contributed by atoms with Gasteiger partial charge >= 0.3 is 5.97 Å². The molecule has 2 heterocycles. The number of hydrogen-bond acceptors (Lipinski definition) is 4. The average Bonchev–Trinajstić information content (AvgIpc) is 3.30. The Hall–Kier alpha value is -2.97. The SMILES string of the molecule is COc1cc(C)c2[nH]ccc2c1CN1CCCC(F)(F)CCNCC1c1ccc(C(=O)O)cc1. The van der Waals surface area contributed by atoms with Gasteiger partial charge < -0.3 is 20.1 Å². The molecule has 2 aromatic carbocycles. The van der Waals surface area contributed by atoms with E-state index < -0.39 is 11.9 Å². The van der Waals surface area contributed by atoms with Crippen LogP contribution in [0.1, 0.15) is 52.4 Å². The van der Waals surface area contributed by atoms with Crippen LogP contribution in [0.25, 0.3) is 10.9 Å². The molecule has 182 valence electrons. The topological polar surface area (TPSA) is 77.6 Å². The number of ether oxygens (including phenoxy) is 1. The second-order valence-electron chi connectivity index (χ2n) is 8.97. The van der Waals surface area contributed by atoms with Crippen LogP contribution in [0.4, 0.5) is 8.78 Å². The highest BCUT2D eigenvalue weighted by Crippen LogP contribution is 2.35. The summed E-state index contributed by atoms with van der Waals surface area (Å²) in [6.45, 7) is 3.71. The number of methoxy groups -OCH3 is 1. The van der Waals surface area contributed by atoms with Crippen LogP contribution in [0.2, 0.25) is 0 Å². The van der Waals surface area contributed by atoms with Crippen LogP contribution >= 0.6 is 0 Å². The van der Waals surface area contributed by atoms with Crippen LogP contribution in [0, 0.1) is 6.92 Å². The molecule has 0 spiro atoms. The number of carboxylic acids is 1. The maximum atomic E-state index is 14.2. The van der Waals surface area contributed by atoms with Crippen LogP contribution in [-0.2, 0) is 6.54 Å². The van der Waals surface area contributed by atoms with Crippen LogP contribution in [0.15, 0.2) is 42.6 Å². The molecule has 1 atom stereocenters. The highest BCUT2D eigenvalue weighted by Gasteiger charge is 2.31. The van der Waals surface area contributed by atoms with Gasteiger partial charge in [-0.05, 0) is 55.3 Å². The number of halogens is 2. The summed E-state index contributed by atoms with van der Waals surface area (Å²) in [7, 11) is 1.64. The number of nitrogens with zero attached hydrogens (tertiary/aromatic N) is 1. The zero-order valence-corrected chi connectivity index (χ0v) is 19.5. The van der Waals surface area contributed by atoms with Crippen molar-refractivity contribution in [2.45, 2.75) is 44.7 Å². The highest BCUT2D eigenvalue weighted by molar-refractivity contribution is 5.88. The molecule has 1 unspecified atom stereocenters. The van der Waals surface area contributed by atoms with Crippen molar-refractivity contribution in [1.29, 1.82) is 0 Å². The number of fused-ring (bicyclic) bond motifs is 1. The summed E-state index contributed by atoms with van der Waals surface area (Å²) < 4.78 is 34.2. The number of aryl methyl sites for hydroxylation is 1. The van der Waals surface area contributed by atoms with Crippen molar-refractivity contribution < 1.29 is 23.4 Å². The Morgan fingerprint density at radius 1 is 1.24 bits per heavy atom. The predicted molar refractivity (Wildman–Crippen MR) is 128 cm³/mol. The first-order valence-electron chi connectivity index (χ1n) is 11.6. The minimum absolute atomic E-state index is 0.116. The van der Waals surface area contributed by atoms with Crippen LogP contribution in [0.3, 0.4) is 0 Å². The van der Waals surface area contributed by atoms with Crippen molar-refractivity contribution >= 4 is 16.9 Å². The predicted octanol–water partition coefficient (Wildman–Crippen LogP) is 5.14. The lowest BCUT2D eigenvalue weighted by atomic mass is 9.98. The van der Waals surface area contributed by atoms with Gasteiger partial charge in [0.25, 0.3) is 0 Å². The van der Waals surface area contributed by atoms with Crippen molar-refractivity contribution in [2.24, 2.45) is 0 Å². The number of hydrogen-bond donors (Lipinski definition) is 3. The maximum absolute atomic E-state index is 14.2. The highest BCUT2D eigenvalue weighted by atomic mass is 19.3. The van der Waals surface area contributed by atoms with E-state index in [-0.39, 0.29) is 31.0 Å². The Labute approximate surface area is 197 Å². The molecule has 1 aromatic heterocycles. The molecule has 6 nitrogen and oxygen atoms in total. The van der Waals surface area contributed by atoms with E-state index >= 15 is 0 Å². The van der Waals surface area contributed by atoms with Crippen molar-refractivity contribution in [3.05, 3.63) is 64.8 Å². The smallest absolute Gasteiger partial charge is 0.335 e. The van der Waals surface area contributed by atoms with E-state index in [0.29, 0.717) is 26.1 Å². The Bertz CT molecular complexity index is 1140. The van der Waals surface area contributed by atoms with Crippen molar-refractivity contribution in [3.8, 4) is 5.75 Å². The average molecular weight is 472 g/mol. The number of carbonyl (C=O) groups is 1. The molecule has 1 fully saturated rings. The summed E-state index contributed by atoms with van der Waals surface area (Å²) in [5.41, 5.74) is 4.27. The van der Waals surface area contributed by atoms with Gasteiger partial charge in [0.1, 0.15) is 5.75 Å². The lowest BCUT2D eigenvalue weighted by Crippen LogP contribution is -2.39. The second-order valence-corrected chi connectivity index (χ2v) is 8.97. The van der Waals surface area contributed by atoms with E-state index in [1.54, 1.807) is 19.2 Å². The van der Waals surface area contributed by atoms with Gasteiger partial charge in [-0.15, -0.1) is 0 Å². The standard InChI is InChI=1S/C26H31F2N3O3/c1-17-14-23(34-2)21(20-8-11-30-24(17)20)16-31-13-3-9-26(27,28)10-12-29-15-22(31)18-4-6-19(7-5-18)25(32)33/h4-8,11,14,22,29-30H,3,9-10,12-13,15-16H2,1-2H3,(H,32,33). The zero-order chi connectivity index (χ0) is 24.3. The summed E-state index contributed by atoms with van der Waals surface area (Å²) in [4.78, 5) is 16.8. The molecule has 0 aliphatic carbocycles. The summed E-state index contributed by atoms with van der Waals surface area (Å²) in [6.07, 6.45) is 1.91. The molecule has 1 saturated heterocycles. The Morgan fingerprint density at radius 3 is 2.71 bits per heavy atom. The molecule has 1 aliphatic heterocycles. The van der Waals surface area contributed by atoms with Gasteiger partial charge in [0.2, 0.25) is 5.92 Å². The molecular weight excluding hydrogens is 440 g/mol. The summed E-state index contributed by atoms with van der Waals surface area (Å²) in [5.74, 6) is -2.90. The first kappa shape index (κ1) is 24.2. The summed E-state index contributed by atoms with van der Waals surface area (Å²) in [5, 5.41) is 13.5. The van der Waals surface area contributed by atoms with Crippen LogP contribution in [-0.4, -0.2) is 53.6 Å². The third kappa shape index (κ3) is 5.23. The maximum Gasteiger partial charge on any atom is 0.335 e. The molecule has 0 bridgehead atoms. The molecule has 34 heavy (non-hydrogen) atoms. The molecule has 3 aromatic rings. The molecule has 8 heteroatoms. The summed E-state index contributed by atoms with van der Waals surface area (Å²) >= 11 is 0. The van der Waals surface area contributed by atoms with Gasteiger partial charge in [-0.25, -0.2) is 13.6 Å². The van der Waals surface area contributed by atoms with Gasteiger partial charge in [0, 0.05) is 61.2 Å². The van der Waals surface area contributed by atoms with E-state index in [1.165, 1.54) is 0 Å². The van der Waals surface area contributed by atoms with Crippen LogP contribution < -0.4 is 10.1 Å². The number of carboxylic acid groups (broad SMARTS) is 1. The minimum atomic E-state index is -2.69. The molecule has 3 N–H and O–H groups in total. The number of aromatic carboxylic acids is 1. The van der Waals surface area contributed by atoms with Crippen molar-refractivity contribution in [1.82, 2.24) is 15.2 Å². The summed E-state index contributed by atoms with van der Waals surface area (Å²) in [6, 6.07) is 10.7. The monoisotopic (exact) mass is 471 g/mol. The normalized spacial score (nSPS) is 19.7. The third-order valence-corrected chi connectivity index (χ3v) is 6.67. The third-order valence-electron chi connectivity index (χ3n) is 6.67. The number of alkyl halides is 2. The Balaban J connectivity index is 1.72. The molecule has 0 saturated carbocycles. The molecule has 4 rings (SSSR count). The largest absolute Gasteiger partial charge is 0.496 e. The van der Waals surface area contributed by atoms with Gasteiger partial charge in [-0.1, -0.05) is 12.1 Å². The van der Waals surface area contributed by atoms with Gasteiger partial charge in [-0.2, -0.15) is 0 Å². The van der Waals surface area contributed by atoms with Crippen LogP contribution in [0.5, 0.6) is 5.75 Å². The Kier molecular flexibility index (Phi) is 7.19. The number of benzene rings is 2. The zero-order valence-electron chi connectivity index (χ0n) is 19.5. The Morgan fingerprint density at radius 2 is 2.00 bits per heavy atom. The number of H-pyrrole nitrogens is 1. The van der Waals surface area contributed by atoms with E-state index in [4.69, 9.17) is 4.74 Å². The van der Waals surface area contributed by atoms with Gasteiger partial charge in [0.05, 0.1) is 12.7 Å². The minimum Gasteiger partial charge on any atom is -0.496 e. The number of nitrogens with one attached hydrogen (secondary N) is 2. The second kappa shape index (κ2) is 10.1. The fourth-order valence-corrected chi connectivity index (χ4v) is 4.81. The van der Waals surface area contributed by atoms with Gasteiger partial charge in [0.15, 0.2) is 0 Å². The van der Waals surface area contributed by atoms with Crippen molar-refractivity contribution in [2.75, 3.05) is 26.7 Å². The fraction of sp³-hybridized carbons (Fsp3) is 0.423. The van der Waals surface area contributed by atoms with E-state index in [2.05, 4.69) is 15.2 Å². The quantitative estimate of drug-likeness (QED) is 0.481. The first-order valence-corrected chi connectivity index (χ1v) is 11.6. The number of rotatable bonds is 5. The first-order chi connectivity index (χ1) is 16.3. The molecular formula is C26H31F2N3O3. The lowest BCUT2D eigenvalue weighted by Gasteiger charge is -2.35. The number of aromatic amines is 1. The molecule has 0 amide bonds. The molecule has 1 aliphatic rings. The number of aromatic nitrogens is 1. The van der Waals surface area contributed by atoms with E-state index in [1.807, 2.05) is 37.4 Å².